The molecule has 148 valence electrons. The maximum Gasteiger partial charge on any atom is 0.236 e. The van der Waals surface area contributed by atoms with E-state index in [0.717, 1.165) is 58.8 Å². The number of piperazine rings is 1. The minimum atomic E-state index is 0.196. The zero-order valence-electron chi connectivity index (χ0n) is 17.7. The first kappa shape index (κ1) is 22.4. The van der Waals surface area contributed by atoms with E-state index in [0.29, 0.717) is 12.0 Å². The second kappa shape index (κ2) is 9.89. The summed E-state index contributed by atoms with van der Waals surface area (Å²) in [5, 5.41) is 0. The Hall–Kier alpha value is -0.650. The normalized spacial score (nSPS) is 17.7. The molecule has 0 bridgehead atoms. The third kappa shape index (κ3) is 10.2. The molecule has 0 unspecified atom stereocenters. The molecule has 0 atom stereocenters. The lowest BCUT2D eigenvalue weighted by molar-refractivity contribution is -0.130. The van der Waals surface area contributed by atoms with Gasteiger partial charge in [0.2, 0.25) is 5.91 Å². The highest BCUT2D eigenvalue weighted by Crippen LogP contribution is 2.23. The van der Waals surface area contributed by atoms with Gasteiger partial charge in [-0.05, 0) is 23.7 Å². The molecule has 0 aliphatic carbocycles. The molecule has 0 aromatic rings. The third-order valence-corrected chi connectivity index (χ3v) is 4.89. The van der Waals surface area contributed by atoms with Crippen molar-refractivity contribution in [3.63, 3.8) is 0 Å². The summed E-state index contributed by atoms with van der Waals surface area (Å²) in [4.78, 5) is 18.3. The first-order valence-corrected chi connectivity index (χ1v) is 9.71. The first-order valence-electron chi connectivity index (χ1n) is 9.71. The molecule has 1 amide bonds. The van der Waals surface area contributed by atoms with Crippen molar-refractivity contribution in [2.45, 2.75) is 47.5 Å². The molecule has 0 spiro atoms. The maximum absolute atomic E-state index is 11.8. The number of likely N-dealkylation sites (N-methyl/N-ethyl adjacent to an activating group) is 1. The molecule has 0 radical (unpaired) electrons. The van der Waals surface area contributed by atoms with Crippen LogP contribution in [0.25, 0.3) is 0 Å². The monoisotopic (exact) mass is 355 g/mol. The van der Waals surface area contributed by atoms with E-state index < -0.39 is 0 Å². The predicted octanol–water partition coefficient (Wildman–Crippen LogP) is 2.56. The minimum Gasteiger partial charge on any atom is -0.381 e. The van der Waals surface area contributed by atoms with E-state index in [2.05, 4.69) is 44.4 Å². The van der Waals surface area contributed by atoms with Gasteiger partial charge in [-0.2, -0.15) is 0 Å². The maximum atomic E-state index is 11.8. The van der Waals surface area contributed by atoms with Crippen LogP contribution in [-0.4, -0.2) is 87.2 Å². The molecule has 0 saturated carbocycles. The Morgan fingerprint density at radius 2 is 1.44 bits per heavy atom. The fourth-order valence-electron chi connectivity index (χ4n) is 2.95. The van der Waals surface area contributed by atoms with Crippen molar-refractivity contribution in [3.8, 4) is 0 Å². The Kier molecular flexibility index (Phi) is 8.85. The molecule has 0 aromatic heterocycles. The number of carbonyl (C=O) groups is 1. The van der Waals surface area contributed by atoms with Crippen molar-refractivity contribution in [3.05, 3.63) is 0 Å². The van der Waals surface area contributed by atoms with Crippen molar-refractivity contribution >= 4 is 5.91 Å². The average Bonchev–Trinajstić information content (AvgIpc) is 2.47. The van der Waals surface area contributed by atoms with Crippen LogP contribution < -0.4 is 0 Å². The molecule has 0 N–H and O–H groups in total. The van der Waals surface area contributed by atoms with Crippen molar-refractivity contribution in [2.75, 3.05) is 66.6 Å². The van der Waals surface area contributed by atoms with Crippen LogP contribution in [-0.2, 0) is 9.53 Å². The van der Waals surface area contributed by atoms with Crippen molar-refractivity contribution in [1.29, 1.82) is 0 Å². The summed E-state index contributed by atoms with van der Waals surface area (Å²) in [5.41, 5.74) is 0.618. The minimum absolute atomic E-state index is 0.196. The number of hydrogen-bond acceptors (Lipinski definition) is 4. The Morgan fingerprint density at radius 1 is 0.920 bits per heavy atom. The summed E-state index contributed by atoms with van der Waals surface area (Å²) in [6.07, 6.45) is 2.21. The number of nitrogens with zero attached hydrogens (tertiary/aromatic N) is 3. The fourth-order valence-corrected chi connectivity index (χ4v) is 2.95. The molecule has 0 aromatic carbocycles. The number of amides is 1. The summed E-state index contributed by atoms with van der Waals surface area (Å²) in [6, 6.07) is 0. The van der Waals surface area contributed by atoms with Crippen molar-refractivity contribution < 1.29 is 9.53 Å². The van der Waals surface area contributed by atoms with E-state index >= 15 is 0 Å². The van der Waals surface area contributed by atoms with Gasteiger partial charge in [-0.1, -0.05) is 34.6 Å². The summed E-state index contributed by atoms with van der Waals surface area (Å²) >= 11 is 0. The van der Waals surface area contributed by atoms with Crippen LogP contribution in [0.3, 0.4) is 0 Å². The Bertz CT molecular complexity index is 394. The second-order valence-electron chi connectivity index (χ2n) is 9.68. The Balaban J connectivity index is 2.21. The van der Waals surface area contributed by atoms with Crippen LogP contribution in [0.5, 0.6) is 0 Å². The summed E-state index contributed by atoms with van der Waals surface area (Å²) in [7, 11) is 3.65. The highest BCUT2D eigenvalue weighted by Gasteiger charge is 2.25. The van der Waals surface area contributed by atoms with Gasteiger partial charge in [0.1, 0.15) is 0 Å². The predicted molar refractivity (Wildman–Crippen MR) is 105 cm³/mol. The van der Waals surface area contributed by atoms with Crippen LogP contribution in [0.2, 0.25) is 0 Å². The van der Waals surface area contributed by atoms with Gasteiger partial charge in [-0.15, -0.1) is 0 Å². The van der Waals surface area contributed by atoms with Gasteiger partial charge in [-0.3, -0.25) is 9.69 Å². The van der Waals surface area contributed by atoms with Gasteiger partial charge in [-0.25, -0.2) is 0 Å². The molecule has 5 nitrogen and oxygen atoms in total. The van der Waals surface area contributed by atoms with E-state index in [1.165, 1.54) is 0 Å². The van der Waals surface area contributed by atoms with Gasteiger partial charge < -0.3 is 14.5 Å². The van der Waals surface area contributed by atoms with Crippen LogP contribution in [0.1, 0.15) is 47.5 Å². The number of ether oxygens (including phenoxy) is 1. The SMILES string of the molecule is CN(C)C(=O)CN1CCN(CC(C)(C)CCOCCC(C)(C)C)CC1. The Labute approximate surface area is 155 Å². The summed E-state index contributed by atoms with van der Waals surface area (Å²) in [6.45, 7) is 18.9. The molecule has 1 heterocycles. The molecular weight excluding hydrogens is 314 g/mol. The molecule has 1 aliphatic heterocycles. The average molecular weight is 356 g/mol. The molecule has 25 heavy (non-hydrogen) atoms. The van der Waals surface area contributed by atoms with E-state index in [4.69, 9.17) is 4.74 Å². The molecular formula is C20H41N3O2. The quantitative estimate of drug-likeness (QED) is 0.596. The van der Waals surface area contributed by atoms with Gasteiger partial charge in [0.05, 0.1) is 6.54 Å². The smallest absolute Gasteiger partial charge is 0.236 e. The summed E-state index contributed by atoms with van der Waals surface area (Å²) in [5.74, 6) is 0.196. The zero-order valence-corrected chi connectivity index (χ0v) is 17.7. The summed E-state index contributed by atoms with van der Waals surface area (Å²) < 4.78 is 5.85. The van der Waals surface area contributed by atoms with E-state index in [9.17, 15) is 4.79 Å². The Morgan fingerprint density at radius 3 is 1.96 bits per heavy atom. The number of carbonyl (C=O) groups excluding carboxylic acids is 1. The van der Waals surface area contributed by atoms with E-state index in [1.54, 1.807) is 4.90 Å². The highest BCUT2D eigenvalue weighted by atomic mass is 16.5. The zero-order chi connectivity index (χ0) is 19.1. The van der Waals surface area contributed by atoms with Crippen molar-refractivity contribution in [1.82, 2.24) is 14.7 Å². The van der Waals surface area contributed by atoms with E-state index in [1.807, 2.05) is 14.1 Å². The molecule has 1 saturated heterocycles. The second-order valence-corrected chi connectivity index (χ2v) is 9.68. The van der Waals surface area contributed by atoms with Gasteiger partial charge >= 0.3 is 0 Å². The number of hydrogen-bond donors (Lipinski definition) is 0. The van der Waals surface area contributed by atoms with Crippen LogP contribution in [0, 0.1) is 10.8 Å². The highest BCUT2D eigenvalue weighted by molar-refractivity contribution is 5.77. The lowest BCUT2D eigenvalue weighted by Crippen LogP contribution is -2.51. The van der Waals surface area contributed by atoms with Gasteiger partial charge in [0, 0.05) is 60.0 Å². The lowest BCUT2D eigenvalue weighted by Gasteiger charge is -2.39. The first-order chi connectivity index (χ1) is 11.5. The van der Waals surface area contributed by atoms with Crippen LogP contribution in [0.15, 0.2) is 0 Å². The van der Waals surface area contributed by atoms with Crippen LogP contribution in [0.4, 0.5) is 0 Å². The molecule has 1 rings (SSSR count). The number of rotatable bonds is 9. The largest absolute Gasteiger partial charge is 0.381 e. The molecule has 1 aliphatic rings. The fraction of sp³-hybridized carbons (Fsp3) is 0.950. The molecule has 1 fully saturated rings. The van der Waals surface area contributed by atoms with Gasteiger partial charge in [0.15, 0.2) is 0 Å². The van der Waals surface area contributed by atoms with Crippen molar-refractivity contribution in [2.24, 2.45) is 10.8 Å². The van der Waals surface area contributed by atoms with Crippen LogP contribution >= 0.6 is 0 Å². The van der Waals surface area contributed by atoms with E-state index in [-0.39, 0.29) is 11.3 Å². The lowest BCUT2D eigenvalue weighted by atomic mass is 9.88. The molecule has 5 heteroatoms. The topological polar surface area (TPSA) is 36.0 Å². The van der Waals surface area contributed by atoms with Gasteiger partial charge in [0.25, 0.3) is 0 Å². The standard InChI is InChI=1S/C20H41N3O2/c1-19(2,3)8-14-25-15-9-20(4,5)17-23-12-10-22(11-13-23)16-18(24)21(6)7/h8-17H2,1-7H3. The third-order valence-electron chi connectivity index (χ3n) is 4.89.